The summed E-state index contributed by atoms with van der Waals surface area (Å²) < 4.78 is 0. The highest BCUT2D eigenvalue weighted by Gasteiger charge is 2.34. The van der Waals surface area contributed by atoms with E-state index in [9.17, 15) is 4.79 Å². The Balaban J connectivity index is 1.62. The van der Waals surface area contributed by atoms with Crippen molar-refractivity contribution in [3.05, 3.63) is 89.8 Å². The molecule has 0 bridgehead atoms. The SMILES string of the molecule is N#Cc1ccc(C2NC(C(=O)Nc3cc[nH+]cn3)=C3C=CC=CN32)cc1. The number of H-pyrrole nitrogens is 1. The van der Waals surface area contributed by atoms with Crippen LogP contribution in [0.15, 0.2) is 78.7 Å². The molecule has 126 valence electrons. The van der Waals surface area contributed by atoms with Gasteiger partial charge in [0.05, 0.1) is 23.5 Å². The summed E-state index contributed by atoms with van der Waals surface area (Å²) in [7, 11) is 0. The van der Waals surface area contributed by atoms with Crippen molar-refractivity contribution in [1.82, 2.24) is 15.2 Å². The van der Waals surface area contributed by atoms with Crippen molar-refractivity contribution in [3.63, 3.8) is 0 Å². The molecule has 1 unspecified atom stereocenters. The Morgan fingerprint density at radius 3 is 2.85 bits per heavy atom. The number of carbonyl (C=O) groups is 1. The predicted molar refractivity (Wildman–Crippen MR) is 93.6 cm³/mol. The zero-order valence-corrected chi connectivity index (χ0v) is 13.7. The van der Waals surface area contributed by atoms with Crippen LogP contribution in [-0.4, -0.2) is 15.8 Å². The molecule has 1 atom stereocenters. The van der Waals surface area contributed by atoms with Crippen LogP contribution in [0.5, 0.6) is 0 Å². The van der Waals surface area contributed by atoms with Crippen LogP contribution in [0.3, 0.4) is 0 Å². The smallest absolute Gasteiger partial charge is 0.286 e. The van der Waals surface area contributed by atoms with Gasteiger partial charge >= 0.3 is 0 Å². The second-order valence-corrected chi connectivity index (χ2v) is 5.75. The molecule has 2 aliphatic heterocycles. The number of nitrogens with one attached hydrogen (secondary N) is 3. The number of anilines is 1. The summed E-state index contributed by atoms with van der Waals surface area (Å²) in [6.07, 6.45) is 10.6. The van der Waals surface area contributed by atoms with Gasteiger partial charge < -0.3 is 10.2 Å². The maximum atomic E-state index is 12.7. The van der Waals surface area contributed by atoms with Gasteiger partial charge in [0.2, 0.25) is 0 Å². The predicted octanol–water partition coefficient (Wildman–Crippen LogP) is 1.60. The molecular weight excluding hydrogens is 328 g/mol. The van der Waals surface area contributed by atoms with Crippen molar-refractivity contribution < 1.29 is 9.78 Å². The van der Waals surface area contributed by atoms with Gasteiger partial charge in [-0.1, -0.05) is 18.2 Å². The molecule has 2 aliphatic rings. The van der Waals surface area contributed by atoms with Crippen LogP contribution in [0.1, 0.15) is 17.3 Å². The molecule has 0 radical (unpaired) electrons. The molecule has 2 aromatic rings. The molecule has 7 heteroatoms. The molecule has 0 saturated heterocycles. The van der Waals surface area contributed by atoms with Crippen LogP contribution in [0.4, 0.5) is 5.82 Å². The maximum Gasteiger partial charge on any atom is 0.286 e. The van der Waals surface area contributed by atoms with Gasteiger partial charge in [0, 0.05) is 12.3 Å². The maximum absolute atomic E-state index is 12.7. The summed E-state index contributed by atoms with van der Waals surface area (Å²) in [4.78, 5) is 21.6. The van der Waals surface area contributed by atoms with Gasteiger partial charge in [0.15, 0.2) is 0 Å². The number of allylic oxidation sites excluding steroid dienone is 3. The van der Waals surface area contributed by atoms with Crippen LogP contribution < -0.4 is 15.6 Å². The summed E-state index contributed by atoms with van der Waals surface area (Å²) in [6.45, 7) is 0. The fourth-order valence-corrected chi connectivity index (χ4v) is 2.91. The van der Waals surface area contributed by atoms with E-state index in [2.05, 4.69) is 26.7 Å². The molecule has 3 N–H and O–H groups in total. The molecule has 3 heterocycles. The van der Waals surface area contributed by atoms with E-state index in [1.54, 1.807) is 24.4 Å². The average Bonchev–Trinajstić information content (AvgIpc) is 3.09. The number of nitriles is 1. The minimum Gasteiger partial charge on any atom is -0.355 e. The highest BCUT2D eigenvalue weighted by Crippen LogP contribution is 2.34. The van der Waals surface area contributed by atoms with E-state index < -0.39 is 0 Å². The second-order valence-electron chi connectivity index (χ2n) is 5.75. The molecule has 1 aromatic heterocycles. The highest BCUT2D eigenvalue weighted by atomic mass is 16.2. The lowest BCUT2D eigenvalue weighted by atomic mass is 10.1. The number of rotatable bonds is 3. The second kappa shape index (κ2) is 6.53. The van der Waals surface area contributed by atoms with Gasteiger partial charge in [-0.25, -0.2) is 0 Å². The lowest BCUT2D eigenvalue weighted by Gasteiger charge is -2.26. The minimum absolute atomic E-state index is 0.225. The van der Waals surface area contributed by atoms with Crippen LogP contribution >= 0.6 is 0 Å². The molecule has 0 saturated carbocycles. The van der Waals surface area contributed by atoms with Gasteiger partial charge in [-0.3, -0.25) is 15.1 Å². The van der Waals surface area contributed by atoms with E-state index in [4.69, 9.17) is 5.26 Å². The van der Waals surface area contributed by atoms with E-state index in [1.807, 2.05) is 41.5 Å². The number of aromatic amines is 1. The van der Waals surface area contributed by atoms with Gasteiger partial charge in [0.1, 0.15) is 11.9 Å². The lowest BCUT2D eigenvalue weighted by molar-refractivity contribution is -0.382. The van der Waals surface area contributed by atoms with Gasteiger partial charge in [-0.05, 0) is 34.8 Å². The third-order valence-electron chi connectivity index (χ3n) is 4.15. The standard InChI is InChI=1S/C19H14N6O/c20-11-13-4-6-14(7-5-13)18-24-17(15-3-1-2-10-25(15)18)19(26)23-16-8-9-21-12-22-16/h1-10,12,18,24H,(H,21,22,23,26)/p+1. The van der Waals surface area contributed by atoms with Crippen LogP contribution in [0, 0.1) is 11.3 Å². The number of fused-ring (bicyclic) bond motifs is 1. The normalized spacial score (nSPS) is 17.5. The van der Waals surface area contributed by atoms with E-state index in [0.717, 1.165) is 11.3 Å². The zero-order chi connectivity index (χ0) is 17.9. The molecule has 0 spiro atoms. The summed E-state index contributed by atoms with van der Waals surface area (Å²) in [6, 6.07) is 11.1. The zero-order valence-electron chi connectivity index (χ0n) is 13.7. The Kier molecular flexibility index (Phi) is 3.92. The van der Waals surface area contributed by atoms with Gasteiger partial charge in [0.25, 0.3) is 18.1 Å². The fraction of sp³-hybridized carbons (Fsp3) is 0.0526. The molecule has 0 fully saturated rings. The minimum atomic E-state index is -0.264. The van der Waals surface area contributed by atoms with Crippen molar-refractivity contribution in [3.8, 4) is 6.07 Å². The summed E-state index contributed by atoms with van der Waals surface area (Å²) in [5.74, 6) is 0.201. The topological polar surface area (TPSA) is 95.2 Å². The number of hydrogen-bond donors (Lipinski definition) is 2. The Morgan fingerprint density at radius 1 is 1.27 bits per heavy atom. The lowest BCUT2D eigenvalue weighted by Crippen LogP contribution is -2.28. The number of amides is 1. The van der Waals surface area contributed by atoms with Crippen molar-refractivity contribution >= 4 is 11.7 Å². The first-order chi connectivity index (χ1) is 12.8. The first-order valence-electron chi connectivity index (χ1n) is 8.04. The first kappa shape index (κ1) is 15.6. The van der Waals surface area contributed by atoms with Crippen molar-refractivity contribution in [2.24, 2.45) is 0 Å². The molecule has 1 amide bonds. The Hall–Kier alpha value is -3.92. The summed E-state index contributed by atoms with van der Waals surface area (Å²) in [5.41, 5.74) is 2.80. The Labute approximate surface area is 150 Å². The monoisotopic (exact) mass is 343 g/mol. The Morgan fingerprint density at radius 2 is 2.12 bits per heavy atom. The van der Waals surface area contributed by atoms with Crippen LogP contribution in [0.25, 0.3) is 0 Å². The first-order valence-corrected chi connectivity index (χ1v) is 8.04. The highest BCUT2D eigenvalue weighted by molar-refractivity contribution is 6.04. The van der Waals surface area contributed by atoms with Gasteiger partial charge in [-0.2, -0.15) is 5.26 Å². The summed E-state index contributed by atoms with van der Waals surface area (Å²) >= 11 is 0. The van der Waals surface area contributed by atoms with Crippen molar-refractivity contribution in [2.45, 2.75) is 6.17 Å². The molecule has 7 nitrogen and oxygen atoms in total. The molecule has 4 rings (SSSR count). The molecule has 0 aliphatic carbocycles. The molecular formula is C19H15N6O+. The van der Waals surface area contributed by atoms with Crippen LogP contribution in [-0.2, 0) is 4.79 Å². The fourth-order valence-electron chi connectivity index (χ4n) is 2.91. The third kappa shape index (κ3) is 2.80. The number of hydrogen-bond acceptors (Lipinski definition) is 5. The van der Waals surface area contributed by atoms with E-state index in [1.165, 1.54) is 6.33 Å². The number of carbonyl (C=O) groups excluding carboxylic acids is 1. The van der Waals surface area contributed by atoms with E-state index in [0.29, 0.717) is 17.1 Å². The van der Waals surface area contributed by atoms with Crippen molar-refractivity contribution in [2.75, 3.05) is 5.32 Å². The van der Waals surface area contributed by atoms with Crippen molar-refractivity contribution in [1.29, 1.82) is 5.26 Å². The largest absolute Gasteiger partial charge is 0.355 e. The van der Waals surface area contributed by atoms with Crippen LogP contribution in [0.2, 0.25) is 0 Å². The molecule has 1 aromatic carbocycles. The van der Waals surface area contributed by atoms with E-state index in [-0.39, 0.29) is 12.1 Å². The average molecular weight is 343 g/mol. The van der Waals surface area contributed by atoms with Gasteiger partial charge in [-0.15, -0.1) is 0 Å². The number of nitrogens with zero attached hydrogens (tertiary/aromatic N) is 3. The molecule has 26 heavy (non-hydrogen) atoms. The van der Waals surface area contributed by atoms with E-state index >= 15 is 0 Å². The Bertz CT molecular complexity index is 969. The summed E-state index contributed by atoms with van der Waals surface area (Å²) in [5, 5.41) is 15.0. The number of aromatic nitrogens is 2. The quantitative estimate of drug-likeness (QED) is 0.883. The number of benzene rings is 1. The third-order valence-corrected chi connectivity index (χ3v) is 4.15.